The monoisotopic (exact) mass is 307 g/mol. The SMILES string of the molecule is O=C(/C=C/c1c(F)cccc1Cl)NNC(=O)c1ccc[nH]1. The van der Waals surface area contributed by atoms with Crippen LogP contribution >= 0.6 is 11.6 Å². The Bertz CT molecular complexity index is 663. The van der Waals surface area contributed by atoms with Crippen LogP contribution in [0.4, 0.5) is 4.39 Å². The minimum absolute atomic E-state index is 0.102. The average Bonchev–Trinajstić information content (AvgIpc) is 2.98. The predicted octanol–water partition coefficient (Wildman–Crippen LogP) is 2.28. The lowest BCUT2D eigenvalue weighted by Gasteiger charge is -2.04. The molecule has 1 aromatic carbocycles. The number of H-pyrrole nitrogens is 1. The Hall–Kier alpha value is -2.60. The van der Waals surface area contributed by atoms with Gasteiger partial charge in [-0.15, -0.1) is 0 Å². The molecule has 7 heteroatoms. The van der Waals surface area contributed by atoms with Gasteiger partial charge in [0, 0.05) is 17.8 Å². The van der Waals surface area contributed by atoms with Gasteiger partial charge in [-0.05, 0) is 30.3 Å². The summed E-state index contributed by atoms with van der Waals surface area (Å²) in [6, 6.07) is 7.41. The summed E-state index contributed by atoms with van der Waals surface area (Å²) in [5.41, 5.74) is 4.78. The van der Waals surface area contributed by atoms with E-state index in [1.165, 1.54) is 24.3 Å². The lowest BCUT2D eigenvalue weighted by atomic mass is 10.2. The third-order valence-electron chi connectivity index (χ3n) is 2.54. The van der Waals surface area contributed by atoms with Crippen LogP contribution in [0.1, 0.15) is 16.1 Å². The van der Waals surface area contributed by atoms with Crippen LogP contribution in [-0.2, 0) is 4.79 Å². The molecule has 0 aliphatic rings. The molecule has 0 aliphatic heterocycles. The summed E-state index contributed by atoms with van der Waals surface area (Å²) in [6.07, 6.45) is 3.88. The molecule has 108 valence electrons. The first-order chi connectivity index (χ1) is 10.1. The second-order valence-electron chi connectivity index (χ2n) is 4.00. The number of hydrazine groups is 1. The zero-order valence-corrected chi connectivity index (χ0v) is 11.4. The summed E-state index contributed by atoms with van der Waals surface area (Å²) in [6.45, 7) is 0. The molecule has 0 saturated heterocycles. The van der Waals surface area contributed by atoms with Gasteiger partial charge in [-0.1, -0.05) is 17.7 Å². The van der Waals surface area contributed by atoms with E-state index in [-0.39, 0.29) is 10.6 Å². The summed E-state index contributed by atoms with van der Waals surface area (Å²) in [5, 5.41) is 0.189. The zero-order valence-electron chi connectivity index (χ0n) is 10.7. The number of aromatic amines is 1. The fourth-order valence-corrected chi connectivity index (χ4v) is 1.75. The minimum Gasteiger partial charge on any atom is -0.357 e. The van der Waals surface area contributed by atoms with Crippen molar-refractivity contribution in [2.75, 3.05) is 0 Å². The van der Waals surface area contributed by atoms with Gasteiger partial charge in [-0.25, -0.2) is 4.39 Å². The molecule has 5 nitrogen and oxygen atoms in total. The number of hydrogen-bond donors (Lipinski definition) is 3. The van der Waals surface area contributed by atoms with Crippen molar-refractivity contribution in [3.8, 4) is 0 Å². The van der Waals surface area contributed by atoms with Crippen LogP contribution in [0, 0.1) is 5.82 Å². The zero-order chi connectivity index (χ0) is 15.2. The molecular formula is C14H11ClFN3O2. The van der Waals surface area contributed by atoms with Crippen LogP contribution in [0.25, 0.3) is 6.08 Å². The van der Waals surface area contributed by atoms with E-state index in [0.717, 1.165) is 6.08 Å². The third kappa shape index (κ3) is 3.93. The first-order valence-corrected chi connectivity index (χ1v) is 6.31. The van der Waals surface area contributed by atoms with Gasteiger partial charge in [-0.3, -0.25) is 20.4 Å². The summed E-state index contributed by atoms with van der Waals surface area (Å²) in [4.78, 5) is 25.7. The Morgan fingerprint density at radius 1 is 1.19 bits per heavy atom. The molecule has 0 unspecified atom stereocenters. The molecule has 2 aromatic rings. The minimum atomic E-state index is -0.616. The van der Waals surface area contributed by atoms with E-state index in [0.29, 0.717) is 5.69 Å². The second-order valence-corrected chi connectivity index (χ2v) is 4.40. The number of hydrogen-bond acceptors (Lipinski definition) is 2. The van der Waals surface area contributed by atoms with Crippen LogP contribution in [-0.4, -0.2) is 16.8 Å². The van der Waals surface area contributed by atoms with Gasteiger partial charge in [0.2, 0.25) is 0 Å². The van der Waals surface area contributed by atoms with Gasteiger partial charge in [0.25, 0.3) is 11.8 Å². The van der Waals surface area contributed by atoms with Crippen LogP contribution in [0.15, 0.2) is 42.6 Å². The van der Waals surface area contributed by atoms with Crippen molar-refractivity contribution in [3.63, 3.8) is 0 Å². The molecule has 3 N–H and O–H groups in total. The van der Waals surface area contributed by atoms with E-state index in [1.54, 1.807) is 18.3 Å². The third-order valence-corrected chi connectivity index (χ3v) is 2.87. The van der Waals surface area contributed by atoms with Gasteiger partial charge >= 0.3 is 0 Å². The van der Waals surface area contributed by atoms with Gasteiger partial charge in [0.15, 0.2) is 0 Å². The highest BCUT2D eigenvalue weighted by Gasteiger charge is 2.07. The number of carbonyl (C=O) groups is 2. The van der Waals surface area contributed by atoms with E-state index in [9.17, 15) is 14.0 Å². The highest BCUT2D eigenvalue weighted by Crippen LogP contribution is 2.20. The molecule has 0 fully saturated rings. The van der Waals surface area contributed by atoms with Crippen molar-refractivity contribution in [1.82, 2.24) is 15.8 Å². The molecule has 2 rings (SSSR count). The molecule has 21 heavy (non-hydrogen) atoms. The summed E-state index contributed by atoms with van der Waals surface area (Å²) in [5.74, 6) is -1.65. The molecule has 0 atom stereocenters. The van der Waals surface area contributed by atoms with E-state index in [4.69, 9.17) is 11.6 Å². The summed E-state index contributed by atoms with van der Waals surface area (Å²) in [7, 11) is 0. The highest BCUT2D eigenvalue weighted by atomic mass is 35.5. The Balaban J connectivity index is 1.93. The van der Waals surface area contributed by atoms with E-state index in [2.05, 4.69) is 15.8 Å². The van der Waals surface area contributed by atoms with Gasteiger partial charge in [0.05, 0.1) is 5.02 Å². The first-order valence-electron chi connectivity index (χ1n) is 5.93. The van der Waals surface area contributed by atoms with E-state index >= 15 is 0 Å². The lowest BCUT2D eigenvalue weighted by molar-refractivity contribution is -0.117. The molecule has 1 heterocycles. The van der Waals surface area contributed by atoms with Crippen molar-refractivity contribution >= 4 is 29.5 Å². The Kier molecular flexibility index (Phi) is 4.73. The van der Waals surface area contributed by atoms with Gasteiger partial charge in [-0.2, -0.15) is 0 Å². The maximum absolute atomic E-state index is 13.5. The van der Waals surface area contributed by atoms with Crippen molar-refractivity contribution < 1.29 is 14.0 Å². The number of aromatic nitrogens is 1. The number of halogens is 2. The van der Waals surface area contributed by atoms with Crippen molar-refractivity contribution in [2.24, 2.45) is 0 Å². The highest BCUT2D eigenvalue weighted by molar-refractivity contribution is 6.32. The van der Waals surface area contributed by atoms with Crippen LogP contribution < -0.4 is 10.9 Å². The van der Waals surface area contributed by atoms with Gasteiger partial charge < -0.3 is 4.98 Å². The molecular weight excluding hydrogens is 297 g/mol. The van der Waals surface area contributed by atoms with Crippen LogP contribution in [0.2, 0.25) is 5.02 Å². The normalized spacial score (nSPS) is 10.6. The second kappa shape index (κ2) is 6.71. The van der Waals surface area contributed by atoms with Crippen molar-refractivity contribution in [1.29, 1.82) is 0 Å². The molecule has 0 saturated carbocycles. The molecule has 2 amide bonds. The average molecular weight is 308 g/mol. The topological polar surface area (TPSA) is 74.0 Å². The predicted molar refractivity (Wildman–Crippen MR) is 76.8 cm³/mol. The first kappa shape index (κ1) is 14.8. The summed E-state index contributed by atoms with van der Waals surface area (Å²) >= 11 is 5.81. The molecule has 0 bridgehead atoms. The maximum Gasteiger partial charge on any atom is 0.286 e. The molecule has 0 spiro atoms. The number of benzene rings is 1. The van der Waals surface area contributed by atoms with Crippen LogP contribution in [0.3, 0.4) is 0 Å². The van der Waals surface area contributed by atoms with Crippen molar-refractivity contribution in [2.45, 2.75) is 0 Å². The lowest BCUT2D eigenvalue weighted by Crippen LogP contribution is -2.40. The Morgan fingerprint density at radius 3 is 2.67 bits per heavy atom. The smallest absolute Gasteiger partial charge is 0.286 e. The van der Waals surface area contributed by atoms with E-state index in [1.807, 2.05) is 0 Å². The summed E-state index contributed by atoms with van der Waals surface area (Å²) < 4.78 is 13.5. The molecule has 0 radical (unpaired) electrons. The molecule has 1 aromatic heterocycles. The Morgan fingerprint density at radius 2 is 2.00 bits per heavy atom. The van der Waals surface area contributed by atoms with Crippen molar-refractivity contribution in [3.05, 3.63) is 64.7 Å². The fraction of sp³-hybridized carbons (Fsp3) is 0. The number of carbonyl (C=O) groups excluding carboxylic acids is 2. The standard InChI is InChI=1S/C14H11ClFN3O2/c15-10-3-1-4-11(16)9(10)6-7-13(20)18-19-14(21)12-5-2-8-17-12/h1-8,17H,(H,18,20)(H,19,21)/b7-6+. The molecule has 0 aliphatic carbocycles. The van der Waals surface area contributed by atoms with Crippen LogP contribution in [0.5, 0.6) is 0 Å². The fourth-order valence-electron chi connectivity index (χ4n) is 1.53. The number of amides is 2. The maximum atomic E-state index is 13.5. The van der Waals surface area contributed by atoms with Gasteiger partial charge in [0.1, 0.15) is 11.5 Å². The van der Waals surface area contributed by atoms with E-state index < -0.39 is 17.6 Å². The number of rotatable bonds is 3. The quantitative estimate of drug-likeness (QED) is 0.601. The largest absolute Gasteiger partial charge is 0.357 e. The number of nitrogens with one attached hydrogen (secondary N) is 3. The Labute approximate surface area is 124 Å².